The number of pyridine rings is 1. The molecule has 1 saturated heterocycles. The van der Waals surface area contributed by atoms with E-state index in [4.69, 9.17) is 14.2 Å². The summed E-state index contributed by atoms with van der Waals surface area (Å²) in [6.07, 6.45) is 11.2. The van der Waals surface area contributed by atoms with E-state index in [-0.39, 0.29) is 36.0 Å². The highest BCUT2D eigenvalue weighted by Gasteiger charge is 2.36. The van der Waals surface area contributed by atoms with E-state index >= 15 is 0 Å². The zero-order valence-corrected chi connectivity index (χ0v) is 23.3. The fourth-order valence-corrected chi connectivity index (χ4v) is 5.89. The molecule has 1 aliphatic heterocycles. The van der Waals surface area contributed by atoms with E-state index in [1.807, 2.05) is 42.5 Å². The van der Waals surface area contributed by atoms with Gasteiger partial charge in [-0.2, -0.15) is 4.72 Å². The number of ether oxygens (including phenoxy) is 3. The molecule has 2 aromatic rings. The molecule has 39 heavy (non-hydrogen) atoms. The van der Waals surface area contributed by atoms with Crippen molar-refractivity contribution in [2.75, 3.05) is 18.6 Å². The zero-order valence-electron chi connectivity index (χ0n) is 21.7. The fourth-order valence-electron chi connectivity index (χ4n) is 4.09. The molecule has 2 aliphatic rings. The lowest BCUT2D eigenvalue weighted by Crippen LogP contribution is -2.21. The molecule has 11 heteroatoms. The molecule has 1 aromatic heterocycles. The van der Waals surface area contributed by atoms with E-state index in [9.17, 15) is 17.8 Å². The number of rotatable bonds is 10. The highest BCUT2D eigenvalue weighted by molar-refractivity contribution is 7.91. The van der Waals surface area contributed by atoms with Gasteiger partial charge >= 0.3 is 0 Å². The summed E-state index contributed by atoms with van der Waals surface area (Å²) < 4.78 is 54.7. The van der Waals surface area contributed by atoms with Crippen LogP contribution < -0.4 is 18.9 Å². The summed E-state index contributed by atoms with van der Waals surface area (Å²) in [6, 6.07) is 10.8. The monoisotopic (exact) mass is 572 g/mol. The van der Waals surface area contributed by atoms with Crippen molar-refractivity contribution in [3.63, 3.8) is 0 Å². The van der Waals surface area contributed by atoms with Crippen LogP contribution in [0.5, 0.6) is 17.4 Å². The number of amides is 1. The molecule has 1 aromatic carbocycles. The number of sulfone groups is 1. The number of carbonyl (C=O) groups excluding carboxylic acids is 1. The van der Waals surface area contributed by atoms with Crippen LogP contribution in [0.1, 0.15) is 42.9 Å². The molecule has 208 valence electrons. The number of allylic oxidation sites excluding steroid dienone is 3. The summed E-state index contributed by atoms with van der Waals surface area (Å²) in [7, 11) is -3.01. The van der Waals surface area contributed by atoms with Gasteiger partial charge in [0.25, 0.3) is 5.91 Å². The number of nitrogens with one attached hydrogen (secondary N) is 1. The summed E-state index contributed by atoms with van der Waals surface area (Å²) in [5.41, 5.74) is 1.67. The second-order valence-electron chi connectivity index (χ2n) is 9.43. The molecule has 0 saturated carbocycles. The normalized spacial score (nSPS) is 23.9. The minimum absolute atomic E-state index is 0.0683. The molecular weight excluding hydrogens is 540 g/mol. The Labute approximate surface area is 232 Å². The van der Waals surface area contributed by atoms with Gasteiger partial charge in [0.1, 0.15) is 33.2 Å². The van der Waals surface area contributed by atoms with Crippen molar-refractivity contribution in [1.82, 2.24) is 9.71 Å². The van der Waals surface area contributed by atoms with Crippen molar-refractivity contribution < 1.29 is 32.0 Å². The highest BCUT2D eigenvalue weighted by atomic mass is 32.2. The van der Waals surface area contributed by atoms with E-state index in [0.29, 0.717) is 42.4 Å². The summed E-state index contributed by atoms with van der Waals surface area (Å²) in [5.74, 6) is 2.14. The van der Waals surface area contributed by atoms with Crippen LogP contribution in [-0.4, -0.2) is 48.6 Å². The summed E-state index contributed by atoms with van der Waals surface area (Å²) >= 11 is -1.39. The van der Waals surface area contributed by atoms with E-state index in [1.54, 1.807) is 18.3 Å². The summed E-state index contributed by atoms with van der Waals surface area (Å²) in [6.45, 7) is 4.46. The first-order valence-corrected chi connectivity index (χ1v) is 15.9. The first-order valence-electron chi connectivity index (χ1n) is 12.6. The average molecular weight is 573 g/mol. The Kier molecular flexibility index (Phi) is 9.71. The molecule has 3 atom stereocenters. The van der Waals surface area contributed by atoms with Crippen LogP contribution in [0.4, 0.5) is 0 Å². The molecular formula is C28H32N2O7S2. The Morgan fingerprint density at radius 3 is 2.62 bits per heavy atom. The van der Waals surface area contributed by atoms with Crippen molar-refractivity contribution in [2.45, 2.75) is 43.5 Å². The molecule has 1 fully saturated rings. The van der Waals surface area contributed by atoms with E-state index < -0.39 is 21.2 Å². The van der Waals surface area contributed by atoms with E-state index in [1.165, 1.54) is 6.26 Å². The molecule has 0 radical (unpaired) electrons. The minimum atomic E-state index is -3.01. The number of carbonyl (C=O) groups is 1. The standard InChI is InChI=1S/C28H32N2O7S2/c1-20-8-11-22(36-23-12-9-21(10-13-23)26-18-27(31)30-38(26)32)6-3-4-7-25(20)37-24-14-15-28(29-19-24)35-16-5-17-39(2,33)34/h3-4,7,9-10,12-15,19,22,26H,1,5-6,8,11,16-18H2,2H3,(H,30,31)/b4-3-,25-7+/t22-,26?,38?/m0/s1. The lowest BCUT2D eigenvalue weighted by atomic mass is 10.1. The van der Waals surface area contributed by atoms with Crippen LogP contribution in [0.3, 0.4) is 0 Å². The topological polar surface area (TPSA) is 127 Å². The van der Waals surface area contributed by atoms with Crippen molar-refractivity contribution in [1.29, 1.82) is 0 Å². The lowest BCUT2D eigenvalue weighted by molar-refractivity contribution is -0.118. The van der Waals surface area contributed by atoms with Crippen LogP contribution in [0.25, 0.3) is 0 Å². The third-order valence-corrected chi connectivity index (χ3v) is 8.56. The molecule has 0 spiro atoms. The summed E-state index contributed by atoms with van der Waals surface area (Å²) in [5, 5.41) is -0.335. The van der Waals surface area contributed by atoms with Crippen LogP contribution in [0.2, 0.25) is 0 Å². The Balaban J connectivity index is 1.27. The highest BCUT2D eigenvalue weighted by Crippen LogP contribution is 2.32. The number of nitrogens with zero attached hydrogens (tertiary/aromatic N) is 1. The number of benzene rings is 1. The predicted molar refractivity (Wildman–Crippen MR) is 149 cm³/mol. The number of hydrogen-bond donors (Lipinski definition) is 1. The first kappa shape index (κ1) is 28.7. The van der Waals surface area contributed by atoms with Gasteiger partial charge in [0.2, 0.25) is 5.88 Å². The third kappa shape index (κ3) is 8.87. The van der Waals surface area contributed by atoms with Gasteiger partial charge in [0.05, 0.1) is 36.3 Å². The Morgan fingerprint density at radius 2 is 1.95 bits per heavy atom. The molecule has 0 bridgehead atoms. The largest absolute Gasteiger partial charge is 0.593 e. The zero-order chi connectivity index (χ0) is 27.8. The Morgan fingerprint density at radius 1 is 1.18 bits per heavy atom. The second-order valence-corrected chi connectivity index (χ2v) is 13.1. The Bertz CT molecular complexity index is 1320. The van der Waals surface area contributed by atoms with Gasteiger partial charge in [0, 0.05) is 24.3 Å². The number of aromatic nitrogens is 1. The lowest BCUT2D eigenvalue weighted by Gasteiger charge is -2.19. The van der Waals surface area contributed by atoms with Crippen LogP contribution in [0.15, 0.2) is 78.7 Å². The van der Waals surface area contributed by atoms with Crippen molar-refractivity contribution in [2.24, 2.45) is 0 Å². The van der Waals surface area contributed by atoms with Gasteiger partial charge in [-0.15, -0.1) is 0 Å². The summed E-state index contributed by atoms with van der Waals surface area (Å²) in [4.78, 5) is 15.7. The maximum Gasteiger partial charge on any atom is 0.266 e. The van der Waals surface area contributed by atoms with Crippen LogP contribution in [-0.2, 0) is 26.0 Å². The molecule has 2 unspecified atom stereocenters. The van der Waals surface area contributed by atoms with Crippen molar-refractivity contribution in [3.05, 3.63) is 84.3 Å². The first-order chi connectivity index (χ1) is 18.7. The van der Waals surface area contributed by atoms with Crippen LogP contribution in [0, 0.1) is 0 Å². The third-order valence-electron chi connectivity index (χ3n) is 6.14. The Hall–Kier alpha value is -3.28. The number of hydrogen-bond acceptors (Lipinski definition) is 8. The van der Waals surface area contributed by atoms with Gasteiger partial charge < -0.3 is 18.8 Å². The molecule has 1 amide bonds. The van der Waals surface area contributed by atoms with E-state index in [0.717, 1.165) is 17.6 Å². The smallest absolute Gasteiger partial charge is 0.266 e. The molecule has 1 aliphatic carbocycles. The van der Waals surface area contributed by atoms with Crippen molar-refractivity contribution >= 4 is 27.1 Å². The van der Waals surface area contributed by atoms with Crippen molar-refractivity contribution in [3.8, 4) is 17.4 Å². The molecule has 4 rings (SSSR count). The van der Waals surface area contributed by atoms with Gasteiger partial charge in [-0.3, -0.25) is 4.79 Å². The molecule has 9 nitrogen and oxygen atoms in total. The predicted octanol–water partition coefficient (Wildman–Crippen LogP) is 4.13. The molecule has 2 heterocycles. The van der Waals surface area contributed by atoms with Gasteiger partial charge in [-0.05, 0) is 49.1 Å². The molecule has 1 N–H and O–H groups in total. The average Bonchev–Trinajstić information content (AvgIpc) is 3.27. The maximum atomic E-state index is 12.0. The van der Waals surface area contributed by atoms with Gasteiger partial charge in [-0.25, -0.2) is 13.4 Å². The van der Waals surface area contributed by atoms with Gasteiger partial charge in [-0.1, -0.05) is 30.9 Å². The second kappa shape index (κ2) is 13.2. The maximum absolute atomic E-state index is 12.0. The van der Waals surface area contributed by atoms with Gasteiger partial charge in [0.15, 0.2) is 5.25 Å². The SMILES string of the molecule is C=C1CC[C@@H](Oc2ccc(C3CC(=O)N[S+]3[O-])cc2)C/C=C\C=C/1Oc1ccc(OCCCS(C)(=O)=O)nc1. The fraction of sp³-hybridized carbons (Fsp3) is 0.357. The van der Waals surface area contributed by atoms with Crippen LogP contribution >= 0.6 is 0 Å². The minimum Gasteiger partial charge on any atom is -0.593 e. The quantitative estimate of drug-likeness (QED) is 0.333. The van der Waals surface area contributed by atoms with E-state index in [2.05, 4.69) is 16.3 Å².